The van der Waals surface area contributed by atoms with Crippen LogP contribution in [0, 0.1) is 5.92 Å². The number of ether oxygens (including phenoxy) is 1. The smallest absolute Gasteiger partial charge is 0.229 e. The molecule has 1 N–H and O–H groups in total. The number of rotatable bonds is 3. The summed E-state index contributed by atoms with van der Waals surface area (Å²) in [5, 5.41) is 7.32. The molecule has 0 aliphatic carbocycles. The molecule has 1 aromatic heterocycles. The summed E-state index contributed by atoms with van der Waals surface area (Å²) in [4.78, 5) is 4.43. The lowest BCUT2D eigenvalue weighted by molar-refractivity contribution is 0.0734. The molecule has 2 rings (SSSR count). The maximum atomic E-state index is 5.37. The minimum Gasteiger partial charge on any atom is -0.378 e. The van der Waals surface area contributed by atoms with Crippen LogP contribution < -0.4 is 5.32 Å². The highest BCUT2D eigenvalue weighted by atomic mass is 16.5. The van der Waals surface area contributed by atoms with Crippen molar-refractivity contribution in [2.75, 3.05) is 19.8 Å². The lowest BCUT2D eigenvalue weighted by Crippen LogP contribution is -2.35. The molecule has 16 heavy (non-hydrogen) atoms. The van der Waals surface area contributed by atoms with E-state index < -0.39 is 0 Å². The van der Waals surface area contributed by atoms with E-state index in [1.165, 1.54) is 0 Å². The maximum absolute atomic E-state index is 5.37. The molecule has 0 bridgehead atoms. The predicted molar refractivity (Wildman–Crippen MR) is 59.1 cm³/mol. The van der Waals surface area contributed by atoms with Crippen molar-refractivity contribution in [2.24, 2.45) is 5.92 Å². The van der Waals surface area contributed by atoms with Crippen molar-refractivity contribution in [1.82, 2.24) is 15.5 Å². The molecule has 2 atom stereocenters. The average molecular weight is 225 g/mol. The highest BCUT2D eigenvalue weighted by Crippen LogP contribution is 2.23. The number of hydrogen-bond acceptors (Lipinski definition) is 5. The molecule has 2 heterocycles. The Morgan fingerprint density at radius 2 is 2.19 bits per heavy atom. The van der Waals surface area contributed by atoms with Crippen molar-refractivity contribution in [2.45, 2.75) is 32.7 Å². The monoisotopic (exact) mass is 225 g/mol. The van der Waals surface area contributed by atoms with Crippen LogP contribution in [0.3, 0.4) is 0 Å². The van der Waals surface area contributed by atoms with Gasteiger partial charge in [0.1, 0.15) is 0 Å². The van der Waals surface area contributed by atoms with Crippen molar-refractivity contribution in [3.05, 3.63) is 11.7 Å². The minimum atomic E-state index is 0.0746. The third-order valence-corrected chi connectivity index (χ3v) is 3.08. The molecular weight excluding hydrogens is 206 g/mol. The first kappa shape index (κ1) is 11.5. The number of morpholine rings is 1. The summed E-state index contributed by atoms with van der Waals surface area (Å²) >= 11 is 0. The van der Waals surface area contributed by atoms with E-state index in [2.05, 4.69) is 36.2 Å². The lowest BCUT2D eigenvalue weighted by Gasteiger charge is -2.20. The van der Waals surface area contributed by atoms with Crippen molar-refractivity contribution in [3.63, 3.8) is 0 Å². The second-order valence-electron chi connectivity index (χ2n) is 4.61. The first-order valence-electron chi connectivity index (χ1n) is 5.83. The van der Waals surface area contributed by atoms with Crippen molar-refractivity contribution < 1.29 is 9.26 Å². The van der Waals surface area contributed by atoms with Crippen LogP contribution in [-0.2, 0) is 4.74 Å². The molecule has 1 aliphatic heterocycles. The zero-order valence-corrected chi connectivity index (χ0v) is 10.1. The summed E-state index contributed by atoms with van der Waals surface area (Å²) in [5.41, 5.74) is 0. The fraction of sp³-hybridized carbons (Fsp3) is 0.818. The fourth-order valence-corrected chi connectivity index (χ4v) is 1.59. The number of hydrogen-bond donors (Lipinski definition) is 1. The molecule has 0 aromatic carbocycles. The van der Waals surface area contributed by atoms with Crippen molar-refractivity contribution in [3.8, 4) is 0 Å². The van der Waals surface area contributed by atoms with Gasteiger partial charge >= 0.3 is 0 Å². The number of aromatic nitrogens is 2. The van der Waals surface area contributed by atoms with E-state index in [1.807, 2.05) is 0 Å². The Morgan fingerprint density at radius 3 is 2.81 bits per heavy atom. The Hall–Kier alpha value is -0.940. The Morgan fingerprint density at radius 1 is 1.38 bits per heavy atom. The molecule has 1 fully saturated rings. The lowest BCUT2D eigenvalue weighted by atomic mass is 9.98. The van der Waals surface area contributed by atoms with Crippen molar-refractivity contribution >= 4 is 0 Å². The van der Waals surface area contributed by atoms with Crippen LogP contribution in [0.2, 0.25) is 0 Å². The van der Waals surface area contributed by atoms with Crippen LogP contribution >= 0.6 is 0 Å². The third-order valence-electron chi connectivity index (χ3n) is 3.08. The zero-order chi connectivity index (χ0) is 11.5. The summed E-state index contributed by atoms with van der Waals surface area (Å²) in [6.45, 7) is 8.62. The third kappa shape index (κ3) is 2.41. The van der Waals surface area contributed by atoms with Gasteiger partial charge in [-0.2, -0.15) is 4.98 Å². The second kappa shape index (κ2) is 4.93. The van der Waals surface area contributed by atoms with E-state index in [1.54, 1.807) is 0 Å². The normalized spacial score (nSPS) is 23.6. The minimum absolute atomic E-state index is 0.0746. The Balaban J connectivity index is 2.06. The van der Waals surface area contributed by atoms with Crippen LogP contribution in [-0.4, -0.2) is 29.9 Å². The molecule has 1 aromatic rings. The van der Waals surface area contributed by atoms with Gasteiger partial charge in [-0.1, -0.05) is 25.9 Å². The summed E-state index contributed by atoms with van der Waals surface area (Å²) in [5.74, 6) is 2.23. The van der Waals surface area contributed by atoms with Gasteiger partial charge in [-0.05, 0) is 5.92 Å². The highest BCUT2D eigenvalue weighted by molar-refractivity contribution is 4.99. The van der Waals surface area contributed by atoms with Crippen LogP contribution in [0.5, 0.6) is 0 Å². The Bertz CT molecular complexity index is 332. The van der Waals surface area contributed by atoms with Gasteiger partial charge in [0.25, 0.3) is 0 Å². The van der Waals surface area contributed by atoms with Gasteiger partial charge in [0.2, 0.25) is 5.89 Å². The van der Waals surface area contributed by atoms with Crippen LogP contribution in [0.15, 0.2) is 4.52 Å². The summed E-state index contributed by atoms with van der Waals surface area (Å²) in [6, 6.07) is 0.0746. The molecular formula is C11H19N3O2. The van der Waals surface area contributed by atoms with Gasteiger partial charge in [0, 0.05) is 12.5 Å². The van der Waals surface area contributed by atoms with Crippen LogP contribution in [0.1, 0.15) is 44.4 Å². The molecule has 2 unspecified atom stereocenters. The van der Waals surface area contributed by atoms with E-state index in [4.69, 9.17) is 9.26 Å². The number of nitrogens with one attached hydrogen (secondary N) is 1. The quantitative estimate of drug-likeness (QED) is 0.844. The fourth-order valence-electron chi connectivity index (χ4n) is 1.59. The first-order valence-corrected chi connectivity index (χ1v) is 5.83. The molecule has 5 heteroatoms. The van der Waals surface area contributed by atoms with Gasteiger partial charge in [0.15, 0.2) is 5.82 Å². The molecule has 90 valence electrons. The standard InChI is InChI=1S/C11H19N3O2/c1-7(2)8(3)11-13-10(14-16-11)9-6-15-5-4-12-9/h7-9,12H,4-6H2,1-3H3. The Kier molecular flexibility index (Phi) is 3.56. The largest absolute Gasteiger partial charge is 0.378 e. The van der Waals surface area contributed by atoms with Gasteiger partial charge in [-0.15, -0.1) is 0 Å². The molecule has 1 aliphatic rings. The molecule has 0 radical (unpaired) electrons. The Labute approximate surface area is 95.6 Å². The molecule has 0 saturated carbocycles. The van der Waals surface area contributed by atoms with E-state index >= 15 is 0 Å². The SMILES string of the molecule is CC(C)C(C)c1nc(C2COCCN2)no1. The van der Waals surface area contributed by atoms with E-state index in [-0.39, 0.29) is 6.04 Å². The predicted octanol–water partition coefficient (Wildman–Crippen LogP) is 1.49. The van der Waals surface area contributed by atoms with E-state index in [0.717, 1.165) is 19.0 Å². The molecule has 1 saturated heterocycles. The molecule has 0 amide bonds. The average Bonchev–Trinajstić information content (AvgIpc) is 2.78. The summed E-state index contributed by atoms with van der Waals surface area (Å²) < 4.78 is 10.7. The van der Waals surface area contributed by atoms with Gasteiger partial charge < -0.3 is 14.6 Å². The van der Waals surface area contributed by atoms with E-state index in [9.17, 15) is 0 Å². The van der Waals surface area contributed by atoms with Gasteiger partial charge in [0.05, 0.1) is 19.3 Å². The first-order chi connectivity index (χ1) is 7.68. The maximum Gasteiger partial charge on any atom is 0.229 e. The molecule has 0 spiro atoms. The summed E-state index contributed by atoms with van der Waals surface area (Å²) in [7, 11) is 0. The second-order valence-corrected chi connectivity index (χ2v) is 4.61. The number of nitrogens with zero attached hydrogens (tertiary/aromatic N) is 2. The van der Waals surface area contributed by atoms with Gasteiger partial charge in [-0.3, -0.25) is 0 Å². The van der Waals surface area contributed by atoms with Crippen LogP contribution in [0.25, 0.3) is 0 Å². The summed E-state index contributed by atoms with van der Waals surface area (Å²) in [6.07, 6.45) is 0. The van der Waals surface area contributed by atoms with Crippen molar-refractivity contribution in [1.29, 1.82) is 0 Å². The van der Waals surface area contributed by atoms with Gasteiger partial charge in [-0.25, -0.2) is 0 Å². The van der Waals surface area contributed by atoms with E-state index in [0.29, 0.717) is 24.3 Å². The topological polar surface area (TPSA) is 60.2 Å². The zero-order valence-electron chi connectivity index (χ0n) is 10.1. The molecule has 5 nitrogen and oxygen atoms in total. The highest BCUT2D eigenvalue weighted by Gasteiger charge is 2.23. The van der Waals surface area contributed by atoms with Crippen LogP contribution in [0.4, 0.5) is 0 Å².